The highest BCUT2D eigenvalue weighted by molar-refractivity contribution is 5.39. The van der Waals surface area contributed by atoms with Crippen molar-refractivity contribution in [3.63, 3.8) is 0 Å². The van der Waals surface area contributed by atoms with Crippen molar-refractivity contribution in [2.75, 3.05) is 7.11 Å². The molecule has 2 aromatic rings. The molecule has 1 aliphatic carbocycles. The molecule has 2 heteroatoms. The van der Waals surface area contributed by atoms with Gasteiger partial charge in [0.2, 0.25) is 0 Å². The molecule has 0 amide bonds. The maximum atomic E-state index is 13.8. The van der Waals surface area contributed by atoms with Crippen molar-refractivity contribution in [1.29, 1.82) is 0 Å². The molecule has 0 spiro atoms. The fourth-order valence-electron chi connectivity index (χ4n) is 2.71. The predicted octanol–water partition coefficient (Wildman–Crippen LogP) is 3.92. The molecule has 0 bridgehead atoms. The van der Waals surface area contributed by atoms with E-state index in [1.54, 1.807) is 12.1 Å². The fraction of sp³-hybridized carbons (Fsp3) is 0.235. The van der Waals surface area contributed by atoms with E-state index in [1.165, 1.54) is 18.2 Å². The van der Waals surface area contributed by atoms with Crippen molar-refractivity contribution < 1.29 is 9.13 Å². The molecule has 97 valence electrons. The summed E-state index contributed by atoms with van der Waals surface area (Å²) in [5, 5.41) is 0. The van der Waals surface area contributed by atoms with E-state index in [0.717, 1.165) is 18.4 Å². The van der Waals surface area contributed by atoms with Crippen LogP contribution in [0, 0.1) is 12.2 Å². The fourth-order valence-corrected chi connectivity index (χ4v) is 2.71. The average molecular weight is 255 g/mol. The van der Waals surface area contributed by atoms with Crippen molar-refractivity contribution in [3.8, 4) is 5.75 Å². The SMILES string of the molecule is COc1ccc(C2[CH]Cc3ccccc3C2)cc1F. The summed E-state index contributed by atoms with van der Waals surface area (Å²) in [5.74, 6) is 0.308. The summed E-state index contributed by atoms with van der Waals surface area (Å²) in [6.07, 6.45) is 4.17. The van der Waals surface area contributed by atoms with Crippen LogP contribution in [0.2, 0.25) is 0 Å². The Bertz CT molecular complexity index is 592. The maximum Gasteiger partial charge on any atom is 0.165 e. The Morgan fingerprint density at radius 3 is 2.63 bits per heavy atom. The Morgan fingerprint density at radius 1 is 1.11 bits per heavy atom. The van der Waals surface area contributed by atoms with Crippen molar-refractivity contribution >= 4 is 0 Å². The van der Waals surface area contributed by atoms with Gasteiger partial charge in [0.15, 0.2) is 11.6 Å². The first-order chi connectivity index (χ1) is 9.28. The summed E-state index contributed by atoms with van der Waals surface area (Å²) in [6.45, 7) is 0. The highest BCUT2D eigenvalue weighted by atomic mass is 19.1. The lowest BCUT2D eigenvalue weighted by atomic mass is 9.80. The van der Waals surface area contributed by atoms with Crippen LogP contribution >= 0.6 is 0 Å². The summed E-state index contributed by atoms with van der Waals surface area (Å²) < 4.78 is 18.7. The van der Waals surface area contributed by atoms with Gasteiger partial charge in [-0.15, -0.1) is 0 Å². The molecule has 0 N–H and O–H groups in total. The zero-order chi connectivity index (χ0) is 13.2. The van der Waals surface area contributed by atoms with Crippen LogP contribution in [0.3, 0.4) is 0 Å². The normalized spacial score (nSPS) is 17.9. The van der Waals surface area contributed by atoms with Crippen LogP contribution in [-0.2, 0) is 12.8 Å². The summed E-state index contributed by atoms with van der Waals surface area (Å²) in [6, 6.07) is 13.7. The van der Waals surface area contributed by atoms with Gasteiger partial charge < -0.3 is 4.74 Å². The molecular formula is C17H16FO. The summed E-state index contributed by atoms with van der Waals surface area (Å²) in [4.78, 5) is 0. The molecule has 1 radical (unpaired) electrons. The monoisotopic (exact) mass is 255 g/mol. The topological polar surface area (TPSA) is 9.23 Å². The third-order valence-electron chi connectivity index (χ3n) is 3.78. The summed E-state index contributed by atoms with van der Waals surface area (Å²) >= 11 is 0. The molecule has 2 aromatic carbocycles. The second kappa shape index (κ2) is 5.04. The molecule has 1 atom stereocenters. The van der Waals surface area contributed by atoms with Crippen LogP contribution < -0.4 is 4.74 Å². The van der Waals surface area contributed by atoms with Gasteiger partial charge in [0.1, 0.15) is 0 Å². The number of benzene rings is 2. The standard InChI is InChI=1S/C17H16FO/c1-19-17-9-8-15(11-16(17)18)14-7-6-12-4-2-3-5-13(12)10-14/h2-5,7-9,11,14H,6,10H2,1H3. The molecule has 0 aromatic heterocycles. The molecule has 0 aliphatic heterocycles. The quantitative estimate of drug-likeness (QED) is 0.790. The average Bonchev–Trinajstić information content (AvgIpc) is 2.46. The van der Waals surface area contributed by atoms with Gasteiger partial charge in [0.25, 0.3) is 0 Å². The minimum atomic E-state index is -0.285. The zero-order valence-corrected chi connectivity index (χ0v) is 10.9. The number of hydrogen-bond donors (Lipinski definition) is 0. The number of fused-ring (bicyclic) bond motifs is 1. The van der Waals surface area contributed by atoms with Crippen LogP contribution in [0.5, 0.6) is 5.75 Å². The lowest BCUT2D eigenvalue weighted by molar-refractivity contribution is 0.386. The largest absolute Gasteiger partial charge is 0.494 e. The van der Waals surface area contributed by atoms with E-state index in [9.17, 15) is 4.39 Å². The van der Waals surface area contributed by atoms with Crippen LogP contribution in [0.15, 0.2) is 42.5 Å². The predicted molar refractivity (Wildman–Crippen MR) is 73.8 cm³/mol. The summed E-state index contributed by atoms with van der Waals surface area (Å²) in [7, 11) is 1.49. The Balaban J connectivity index is 1.87. The number of methoxy groups -OCH3 is 1. The van der Waals surface area contributed by atoms with E-state index in [-0.39, 0.29) is 11.7 Å². The van der Waals surface area contributed by atoms with Crippen LogP contribution in [-0.4, -0.2) is 7.11 Å². The Kier molecular flexibility index (Phi) is 3.24. The van der Waals surface area contributed by atoms with Crippen LogP contribution in [0.25, 0.3) is 0 Å². The van der Waals surface area contributed by atoms with Crippen molar-refractivity contribution in [2.45, 2.75) is 18.8 Å². The third kappa shape index (κ3) is 2.35. The number of ether oxygens (including phenoxy) is 1. The van der Waals surface area contributed by atoms with Gasteiger partial charge in [0, 0.05) is 0 Å². The highest BCUT2D eigenvalue weighted by Crippen LogP contribution is 2.33. The smallest absolute Gasteiger partial charge is 0.165 e. The Morgan fingerprint density at radius 2 is 1.89 bits per heavy atom. The summed E-state index contributed by atoms with van der Waals surface area (Å²) in [5.41, 5.74) is 3.77. The van der Waals surface area contributed by atoms with Crippen molar-refractivity contribution in [3.05, 3.63) is 71.4 Å². The lowest BCUT2D eigenvalue weighted by Gasteiger charge is -2.24. The molecule has 0 saturated carbocycles. The highest BCUT2D eigenvalue weighted by Gasteiger charge is 2.20. The van der Waals surface area contributed by atoms with E-state index in [2.05, 4.69) is 30.7 Å². The molecule has 1 unspecified atom stereocenters. The first kappa shape index (κ1) is 12.2. The van der Waals surface area contributed by atoms with Gasteiger partial charge in [0.05, 0.1) is 7.11 Å². The van der Waals surface area contributed by atoms with Gasteiger partial charge in [-0.25, -0.2) is 4.39 Å². The molecule has 19 heavy (non-hydrogen) atoms. The molecular weight excluding hydrogens is 239 g/mol. The Hall–Kier alpha value is -1.83. The molecule has 0 fully saturated rings. The second-order valence-corrected chi connectivity index (χ2v) is 4.91. The van der Waals surface area contributed by atoms with E-state index in [4.69, 9.17) is 4.74 Å². The molecule has 0 saturated heterocycles. The Labute approximate surface area is 113 Å². The number of rotatable bonds is 2. The van der Waals surface area contributed by atoms with Crippen LogP contribution in [0.4, 0.5) is 4.39 Å². The third-order valence-corrected chi connectivity index (χ3v) is 3.78. The van der Waals surface area contributed by atoms with Gasteiger partial charge in [-0.1, -0.05) is 30.3 Å². The minimum Gasteiger partial charge on any atom is -0.494 e. The van der Waals surface area contributed by atoms with Crippen LogP contribution in [0.1, 0.15) is 22.6 Å². The van der Waals surface area contributed by atoms with E-state index >= 15 is 0 Å². The second-order valence-electron chi connectivity index (χ2n) is 4.91. The first-order valence-electron chi connectivity index (χ1n) is 6.51. The van der Waals surface area contributed by atoms with E-state index < -0.39 is 0 Å². The van der Waals surface area contributed by atoms with E-state index in [0.29, 0.717) is 5.75 Å². The van der Waals surface area contributed by atoms with Gasteiger partial charge in [-0.05, 0) is 54.0 Å². The van der Waals surface area contributed by atoms with E-state index in [1.807, 2.05) is 6.07 Å². The first-order valence-corrected chi connectivity index (χ1v) is 6.51. The van der Waals surface area contributed by atoms with Crippen molar-refractivity contribution in [2.24, 2.45) is 0 Å². The zero-order valence-electron chi connectivity index (χ0n) is 10.9. The van der Waals surface area contributed by atoms with Crippen molar-refractivity contribution in [1.82, 2.24) is 0 Å². The van der Waals surface area contributed by atoms with Gasteiger partial charge in [-0.3, -0.25) is 0 Å². The minimum absolute atomic E-state index is 0.285. The molecule has 1 nitrogen and oxygen atoms in total. The molecule has 3 rings (SSSR count). The molecule has 1 aliphatic rings. The van der Waals surface area contributed by atoms with Gasteiger partial charge in [-0.2, -0.15) is 0 Å². The maximum absolute atomic E-state index is 13.8. The lowest BCUT2D eigenvalue weighted by Crippen LogP contribution is -2.13. The van der Waals surface area contributed by atoms with Gasteiger partial charge >= 0.3 is 0 Å². The molecule has 0 heterocycles. The number of halogens is 1. The number of hydrogen-bond acceptors (Lipinski definition) is 1.